The van der Waals surface area contributed by atoms with Crippen molar-refractivity contribution in [1.82, 2.24) is 4.98 Å². The van der Waals surface area contributed by atoms with Crippen LogP contribution in [-0.2, 0) is 16.0 Å². The van der Waals surface area contributed by atoms with Crippen LogP contribution in [0.2, 0.25) is 0 Å². The molecule has 184 valence electrons. The Morgan fingerprint density at radius 1 is 1.15 bits per heavy atom. The Morgan fingerprint density at radius 2 is 1.94 bits per heavy atom. The van der Waals surface area contributed by atoms with Gasteiger partial charge in [-0.15, -0.1) is 0 Å². The zero-order valence-corrected chi connectivity index (χ0v) is 21.1. The predicted molar refractivity (Wildman–Crippen MR) is 130 cm³/mol. The topological polar surface area (TPSA) is 83.2 Å². The first-order chi connectivity index (χ1) is 16.3. The summed E-state index contributed by atoms with van der Waals surface area (Å²) in [5.41, 5.74) is 1.68. The normalized spacial score (nSPS) is 41.1. The van der Waals surface area contributed by atoms with Crippen LogP contribution in [0.15, 0.2) is 12.1 Å². The lowest BCUT2D eigenvalue weighted by Crippen LogP contribution is -2.52. The molecule has 0 bridgehead atoms. The molecule has 0 saturated heterocycles. The second-order valence-corrected chi connectivity index (χ2v) is 12.2. The van der Waals surface area contributed by atoms with Crippen LogP contribution in [0.4, 0.5) is 0 Å². The minimum Gasteiger partial charge on any atom is -0.387 e. The molecular weight excluding hydrogens is 424 g/mol. The number of ether oxygens (including phenoxy) is 1. The van der Waals surface area contributed by atoms with E-state index in [2.05, 4.69) is 18.0 Å². The second kappa shape index (κ2) is 9.03. The number of methoxy groups -OCH3 is 1. The number of rotatable bonds is 5. The first-order valence-electron chi connectivity index (χ1n) is 13.4. The molecule has 1 heterocycles. The SMILES string of the molecule is COC[C@@]1(O)CC[C@H]2[C@H](CC[C@@H]3[C@@H]2CC[C@]2(C)[C@@H](C(=O)Cc4ccc(C#N)nc4C)CC[C@@H]32)C1. The molecule has 1 N–H and O–H groups in total. The largest absolute Gasteiger partial charge is 0.387 e. The number of nitrogens with zero attached hydrogens (tertiary/aromatic N) is 2. The van der Waals surface area contributed by atoms with Crippen LogP contribution in [0.25, 0.3) is 0 Å². The molecule has 0 unspecified atom stereocenters. The number of fused-ring (bicyclic) bond motifs is 5. The van der Waals surface area contributed by atoms with Crippen LogP contribution in [0, 0.1) is 59.2 Å². The van der Waals surface area contributed by atoms with Gasteiger partial charge in [-0.3, -0.25) is 4.79 Å². The minimum atomic E-state index is -0.630. The van der Waals surface area contributed by atoms with Gasteiger partial charge in [0.15, 0.2) is 0 Å². The molecule has 0 radical (unpaired) electrons. The summed E-state index contributed by atoms with van der Waals surface area (Å²) in [6.45, 7) is 4.78. The van der Waals surface area contributed by atoms with Crippen molar-refractivity contribution in [2.24, 2.45) is 40.9 Å². The van der Waals surface area contributed by atoms with E-state index in [0.29, 0.717) is 36.3 Å². The molecule has 0 aromatic carbocycles. The zero-order valence-electron chi connectivity index (χ0n) is 21.1. The maximum atomic E-state index is 13.6. The molecule has 1 aromatic heterocycles. The Morgan fingerprint density at radius 3 is 2.68 bits per heavy atom. The van der Waals surface area contributed by atoms with Gasteiger partial charge in [-0.05, 0) is 111 Å². The lowest BCUT2D eigenvalue weighted by molar-refractivity contribution is -0.135. The maximum Gasteiger partial charge on any atom is 0.140 e. The van der Waals surface area contributed by atoms with Crippen molar-refractivity contribution in [2.45, 2.75) is 83.7 Å². The molecule has 5 nitrogen and oxygen atoms in total. The predicted octanol–water partition coefficient (Wildman–Crippen LogP) is 5.02. The Bertz CT molecular complexity index is 986. The summed E-state index contributed by atoms with van der Waals surface area (Å²) in [4.78, 5) is 17.9. The molecule has 4 aliphatic carbocycles. The van der Waals surface area contributed by atoms with E-state index >= 15 is 0 Å². The van der Waals surface area contributed by atoms with Gasteiger partial charge >= 0.3 is 0 Å². The third-order valence-electron chi connectivity index (χ3n) is 10.6. The smallest absolute Gasteiger partial charge is 0.140 e. The first-order valence-corrected chi connectivity index (χ1v) is 13.4. The lowest BCUT2D eigenvalue weighted by atomic mass is 9.49. The summed E-state index contributed by atoms with van der Waals surface area (Å²) >= 11 is 0. The monoisotopic (exact) mass is 464 g/mol. The van der Waals surface area contributed by atoms with E-state index in [9.17, 15) is 9.90 Å². The highest BCUT2D eigenvalue weighted by molar-refractivity contribution is 5.84. The Labute approximate surface area is 204 Å². The number of pyridine rings is 1. The van der Waals surface area contributed by atoms with Crippen LogP contribution in [0.5, 0.6) is 0 Å². The van der Waals surface area contributed by atoms with E-state index in [1.54, 1.807) is 13.2 Å². The molecule has 4 fully saturated rings. The van der Waals surface area contributed by atoms with Gasteiger partial charge in [0.25, 0.3) is 0 Å². The van der Waals surface area contributed by atoms with Gasteiger partial charge in [-0.25, -0.2) is 4.98 Å². The molecule has 34 heavy (non-hydrogen) atoms. The van der Waals surface area contributed by atoms with Crippen LogP contribution in [0.1, 0.15) is 81.7 Å². The highest BCUT2D eigenvalue weighted by Gasteiger charge is 2.58. The first kappa shape index (κ1) is 23.9. The van der Waals surface area contributed by atoms with E-state index in [0.717, 1.165) is 61.1 Å². The molecule has 5 rings (SSSR count). The van der Waals surface area contributed by atoms with Gasteiger partial charge in [-0.2, -0.15) is 5.26 Å². The van der Waals surface area contributed by atoms with E-state index in [-0.39, 0.29) is 11.3 Å². The van der Waals surface area contributed by atoms with E-state index in [1.807, 2.05) is 13.0 Å². The molecule has 5 heteroatoms. The van der Waals surface area contributed by atoms with E-state index in [1.165, 1.54) is 25.7 Å². The molecule has 1 aromatic rings. The number of Topliss-reactive ketones (excluding diaryl/α,β-unsaturated/α-hetero) is 1. The summed E-state index contributed by atoms with van der Waals surface area (Å²) in [7, 11) is 1.69. The molecule has 0 spiro atoms. The van der Waals surface area contributed by atoms with Crippen molar-refractivity contribution in [1.29, 1.82) is 5.26 Å². The van der Waals surface area contributed by atoms with Gasteiger partial charge in [0.1, 0.15) is 17.5 Å². The fraction of sp³-hybridized carbons (Fsp3) is 0.759. The van der Waals surface area contributed by atoms with Crippen molar-refractivity contribution in [3.63, 3.8) is 0 Å². The van der Waals surface area contributed by atoms with Gasteiger partial charge < -0.3 is 9.84 Å². The summed E-state index contributed by atoms with van der Waals surface area (Å²) in [6, 6.07) is 5.74. The molecule has 0 aliphatic heterocycles. The minimum absolute atomic E-state index is 0.116. The average molecular weight is 465 g/mol. The van der Waals surface area contributed by atoms with Gasteiger partial charge in [0, 0.05) is 25.1 Å². The number of hydrogen-bond donors (Lipinski definition) is 1. The van der Waals surface area contributed by atoms with Gasteiger partial charge in [-0.1, -0.05) is 13.0 Å². The van der Waals surface area contributed by atoms with E-state index in [4.69, 9.17) is 10.00 Å². The molecule has 0 amide bonds. The van der Waals surface area contributed by atoms with Gasteiger partial charge in [0.05, 0.1) is 12.2 Å². The number of aliphatic hydroxyl groups is 1. The number of aromatic nitrogens is 1. The maximum absolute atomic E-state index is 13.6. The average Bonchev–Trinajstić information content (AvgIpc) is 3.17. The quantitative estimate of drug-likeness (QED) is 0.661. The number of aryl methyl sites for hydroxylation is 1. The fourth-order valence-electron chi connectivity index (χ4n) is 9.04. The van der Waals surface area contributed by atoms with Crippen LogP contribution in [0.3, 0.4) is 0 Å². The van der Waals surface area contributed by atoms with E-state index < -0.39 is 5.60 Å². The Balaban J connectivity index is 1.28. The van der Waals surface area contributed by atoms with Crippen molar-refractivity contribution < 1.29 is 14.6 Å². The van der Waals surface area contributed by atoms with Crippen LogP contribution < -0.4 is 0 Å². The zero-order chi connectivity index (χ0) is 24.1. The van der Waals surface area contributed by atoms with Crippen LogP contribution in [-0.4, -0.2) is 35.2 Å². The fourth-order valence-corrected chi connectivity index (χ4v) is 9.04. The number of ketones is 1. The van der Waals surface area contributed by atoms with Crippen molar-refractivity contribution in [3.05, 3.63) is 29.1 Å². The Hall–Kier alpha value is -1.77. The molecule has 4 aliphatic rings. The second-order valence-electron chi connectivity index (χ2n) is 12.2. The summed E-state index contributed by atoms with van der Waals surface area (Å²) in [6.07, 6.45) is 10.4. The van der Waals surface area contributed by atoms with Crippen molar-refractivity contribution in [3.8, 4) is 6.07 Å². The summed E-state index contributed by atoms with van der Waals surface area (Å²) < 4.78 is 5.34. The molecule has 8 atom stereocenters. The summed E-state index contributed by atoms with van der Waals surface area (Å²) in [5.74, 6) is 4.04. The number of hydrogen-bond acceptors (Lipinski definition) is 5. The molecular formula is C29H40N2O3. The Kier molecular flexibility index (Phi) is 6.36. The lowest BCUT2D eigenvalue weighted by Gasteiger charge is -2.57. The summed E-state index contributed by atoms with van der Waals surface area (Å²) in [5, 5.41) is 20.1. The third-order valence-corrected chi connectivity index (χ3v) is 10.6. The number of carbonyl (C=O) groups is 1. The highest BCUT2D eigenvalue weighted by atomic mass is 16.5. The number of carbonyl (C=O) groups excluding carboxylic acids is 1. The number of nitriles is 1. The standard InChI is InChI=1S/C29H40N2O3/c1-18-19(4-6-21(16-30)31-18)14-27(32)26-9-8-25-24-7-5-20-15-29(33,17-34-3)13-11-22(20)23(24)10-12-28(25,26)2/h4,6,20,22-26,33H,5,7-15,17H2,1-3H3/t20-,22+,23-,24-,25+,26-,28+,29-/m1/s1. The molecule has 4 saturated carbocycles. The van der Waals surface area contributed by atoms with Crippen molar-refractivity contribution >= 4 is 5.78 Å². The van der Waals surface area contributed by atoms with Gasteiger partial charge in [0.2, 0.25) is 0 Å². The third kappa shape index (κ3) is 4.01. The highest BCUT2D eigenvalue weighted by Crippen LogP contribution is 2.64. The van der Waals surface area contributed by atoms with Crippen LogP contribution >= 0.6 is 0 Å². The van der Waals surface area contributed by atoms with Crippen molar-refractivity contribution in [2.75, 3.05) is 13.7 Å².